The fraction of sp³-hybridized carbons (Fsp3) is 0.375. The molecule has 4 rings (SSSR count). The van der Waals surface area contributed by atoms with Gasteiger partial charge in [-0.25, -0.2) is 13.4 Å². The van der Waals surface area contributed by atoms with E-state index in [2.05, 4.69) is 62.2 Å². The molecule has 0 N–H and O–H groups in total. The molecule has 0 radical (unpaired) electrons. The molecular weight excluding hydrogens is 426 g/mol. The van der Waals surface area contributed by atoms with E-state index in [0.29, 0.717) is 31.1 Å². The summed E-state index contributed by atoms with van der Waals surface area (Å²) in [6.45, 7) is 10.6. The van der Waals surface area contributed by atoms with Crippen LogP contribution in [0.15, 0.2) is 58.8 Å². The number of sulfonamides is 1. The summed E-state index contributed by atoms with van der Waals surface area (Å²) in [7, 11) is -3.48. The van der Waals surface area contributed by atoms with E-state index in [0.717, 1.165) is 22.0 Å². The van der Waals surface area contributed by atoms with Gasteiger partial charge < -0.3 is 4.90 Å². The quantitative estimate of drug-likeness (QED) is 0.560. The van der Waals surface area contributed by atoms with E-state index >= 15 is 0 Å². The molecule has 0 unspecified atom stereocenters. The molecule has 0 atom stereocenters. The molecule has 0 aliphatic carbocycles. The molecule has 3 aromatic rings. The van der Waals surface area contributed by atoms with Crippen molar-refractivity contribution >= 4 is 26.5 Å². The van der Waals surface area contributed by atoms with Gasteiger partial charge in [0.25, 0.3) is 0 Å². The van der Waals surface area contributed by atoms with Crippen molar-refractivity contribution in [3.8, 4) is 11.3 Å². The molecule has 0 bridgehead atoms. The van der Waals surface area contributed by atoms with Crippen LogP contribution in [0.4, 0.5) is 5.13 Å². The van der Waals surface area contributed by atoms with Crippen LogP contribution in [-0.4, -0.2) is 43.9 Å². The molecule has 1 saturated heterocycles. The predicted octanol–water partition coefficient (Wildman–Crippen LogP) is 4.93. The van der Waals surface area contributed by atoms with E-state index in [1.807, 2.05) is 12.1 Å². The molecular formula is C24H29N3O2S2. The molecule has 31 heavy (non-hydrogen) atoms. The second-order valence-electron chi connectivity index (χ2n) is 9.05. The van der Waals surface area contributed by atoms with Crippen LogP contribution in [0.2, 0.25) is 0 Å². The third kappa shape index (κ3) is 4.68. The van der Waals surface area contributed by atoms with Gasteiger partial charge in [0.2, 0.25) is 10.0 Å². The lowest BCUT2D eigenvalue weighted by Gasteiger charge is -2.33. The Labute approximate surface area is 189 Å². The van der Waals surface area contributed by atoms with Gasteiger partial charge in [0, 0.05) is 37.1 Å². The van der Waals surface area contributed by atoms with Crippen LogP contribution < -0.4 is 4.90 Å². The number of nitrogens with zero attached hydrogens (tertiary/aromatic N) is 3. The molecule has 0 amide bonds. The first-order valence-corrected chi connectivity index (χ1v) is 12.8. The van der Waals surface area contributed by atoms with Crippen LogP contribution in [0.1, 0.15) is 31.9 Å². The highest BCUT2D eigenvalue weighted by Crippen LogP contribution is 2.29. The third-order valence-corrected chi connectivity index (χ3v) is 8.52. The maximum Gasteiger partial charge on any atom is 0.243 e. The van der Waals surface area contributed by atoms with Crippen LogP contribution in [-0.2, 0) is 15.4 Å². The SMILES string of the molecule is Cc1ccc(-c2csc(N3CCN(S(=O)(=O)c4ccc(C(C)(C)C)cc4)CC3)n2)cc1. The van der Waals surface area contributed by atoms with Crippen molar-refractivity contribution < 1.29 is 8.42 Å². The van der Waals surface area contributed by atoms with E-state index in [4.69, 9.17) is 4.98 Å². The Bertz CT molecular complexity index is 1140. The summed E-state index contributed by atoms with van der Waals surface area (Å²) in [5.41, 5.74) is 4.43. The molecule has 2 heterocycles. The lowest BCUT2D eigenvalue weighted by molar-refractivity contribution is 0.384. The van der Waals surface area contributed by atoms with Gasteiger partial charge in [-0.05, 0) is 30.0 Å². The monoisotopic (exact) mass is 455 g/mol. The number of thiazole rings is 1. The van der Waals surface area contributed by atoms with Crippen LogP contribution in [0, 0.1) is 6.92 Å². The van der Waals surface area contributed by atoms with Crippen molar-refractivity contribution in [3.63, 3.8) is 0 Å². The van der Waals surface area contributed by atoms with Crippen LogP contribution in [0.5, 0.6) is 0 Å². The zero-order chi connectivity index (χ0) is 22.2. The van der Waals surface area contributed by atoms with Crippen molar-refractivity contribution in [1.82, 2.24) is 9.29 Å². The van der Waals surface area contributed by atoms with Gasteiger partial charge in [-0.1, -0.05) is 62.7 Å². The molecule has 1 aliphatic rings. The fourth-order valence-electron chi connectivity index (χ4n) is 3.66. The Morgan fingerprint density at radius 2 is 1.52 bits per heavy atom. The van der Waals surface area contributed by atoms with Gasteiger partial charge in [0.1, 0.15) is 0 Å². The Morgan fingerprint density at radius 3 is 2.10 bits per heavy atom. The molecule has 1 fully saturated rings. The number of anilines is 1. The normalized spacial score (nSPS) is 15.9. The van der Waals surface area contributed by atoms with Gasteiger partial charge in [-0.2, -0.15) is 4.31 Å². The fourth-order valence-corrected chi connectivity index (χ4v) is 5.97. The van der Waals surface area contributed by atoms with E-state index < -0.39 is 10.0 Å². The summed E-state index contributed by atoms with van der Waals surface area (Å²) in [5.74, 6) is 0. The van der Waals surface area contributed by atoms with Gasteiger partial charge in [0.05, 0.1) is 10.6 Å². The van der Waals surface area contributed by atoms with Crippen molar-refractivity contribution in [2.24, 2.45) is 0 Å². The first-order valence-electron chi connectivity index (χ1n) is 10.5. The van der Waals surface area contributed by atoms with Crippen molar-refractivity contribution in [1.29, 1.82) is 0 Å². The van der Waals surface area contributed by atoms with Crippen molar-refractivity contribution in [2.75, 3.05) is 31.1 Å². The maximum absolute atomic E-state index is 13.1. The molecule has 7 heteroatoms. The Hall–Kier alpha value is -2.22. The van der Waals surface area contributed by atoms with Crippen LogP contribution in [0.25, 0.3) is 11.3 Å². The van der Waals surface area contributed by atoms with Gasteiger partial charge >= 0.3 is 0 Å². The minimum Gasteiger partial charge on any atom is -0.345 e. The van der Waals surface area contributed by atoms with Crippen LogP contribution >= 0.6 is 11.3 Å². The standard InChI is InChI=1S/C24H29N3O2S2/c1-18-5-7-19(8-6-18)22-17-30-23(25-22)26-13-15-27(16-14-26)31(28,29)21-11-9-20(10-12-21)24(2,3)4/h5-12,17H,13-16H2,1-4H3. The number of aromatic nitrogens is 1. The highest BCUT2D eigenvalue weighted by atomic mass is 32.2. The lowest BCUT2D eigenvalue weighted by Crippen LogP contribution is -2.48. The van der Waals surface area contributed by atoms with E-state index in [-0.39, 0.29) is 5.41 Å². The number of aryl methyl sites for hydroxylation is 1. The highest BCUT2D eigenvalue weighted by molar-refractivity contribution is 7.89. The van der Waals surface area contributed by atoms with Gasteiger partial charge in [0.15, 0.2) is 5.13 Å². The minimum absolute atomic E-state index is 0.000935. The minimum atomic E-state index is -3.48. The molecule has 2 aromatic carbocycles. The average Bonchev–Trinajstić information content (AvgIpc) is 3.24. The van der Waals surface area contributed by atoms with Gasteiger partial charge in [-0.15, -0.1) is 11.3 Å². The Morgan fingerprint density at radius 1 is 0.903 bits per heavy atom. The molecule has 1 aliphatic heterocycles. The van der Waals surface area contributed by atoms with E-state index in [1.165, 1.54) is 5.56 Å². The third-order valence-electron chi connectivity index (χ3n) is 5.71. The smallest absolute Gasteiger partial charge is 0.243 e. The predicted molar refractivity (Wildman–Crippen MR) is 128 cm³/mol. The second-order valence-corrected chi connectivity index (χ2v) is 11.8. The first kappa shape index (κ1) is 22.0. The summed E-state index contributed by atoms with van der Waals surface area (Å²) < 4.78 is 27.8. The summed E-state index contributed by atoms with van der Waals surface area (Å²) in [6, 6.07) is 15.7. The molecule has 0 saturated carbocycles. The molecule has 1 aromatic heterocycles. The summed E-state index contributed by atoms with van der Waals surface area (Å²) in [4.78, 5) is 7.33. The van der Waals surface area contributed by atoms with Gasteiger partial charge in [-0.3, -0.25) is 0 Å². The molecule has 164 valence electrons. The van der Waals surface area contributed by atoms with Crippen molar-refractivity contribution in [3.05, 3.63) is 65.0 Å². The molecule has 5 nitrogen and oxygen atoms in total. The summed E-state index contributed by atoms with van der Waals surface area (Å²) >= 11 is 1.61. The second kappa shape index (κ2) is 8.37. The number of piperazine rings is 1. The topological polar surface area (TPSA) is 53.5 Å². The van der Waals surface area contributed by atoms with Crippen molar-refractivity contribution in [2.45, 2.75) is 38.0 Å². The Balaban J connectivity index is 1.43. The van der Waals surface area contributed by atoms with Crippen LogP contribution in [0.3, 0.4) is 0 Å². The summed E-state index contributed by atoms with van der Waals surface area (Å²) in [5, 5.41) is 3.02. The lowest BCUT2D eigenvalue weighted by atomic mass is 9.87. The first-order chi connectivity index (χ1) is 14.6. The summed E-state index contributed by atoms with van der Waals surface area (Å²) in [6.07, 6.45) is 0. The average molecular weight is 456 g/mol. The highest BCUT2D eigenvalue weighted by Gasteiger charge is 2.29. The largest absolute Gasteiger partial charge is 0.345 e. The van der Waals surface area contributed by atoms with E-state index in [1.54, 1.807) is 27.8 Å². The zero-order valence-electron chi connectivity index (χ0n) is 18.5. The maximum atomic E-state index is 13.1. The number of rotatable bonds is 4. The zero-order valence-corrected chi connectivity index (χ0v) is 20.1. The number of hydrogen-bond acceptors (Lipinski definition) is 5. The molecule has 0 spiro atoms. The Kier molecular flexibility index (Phi) is 5.94. The van der Waals surface area contributed by atoms with E-state index in [9.17, 15) is 8.42 Å². The number of hydrogen-bond donors (Lipinski definition) is 0. The number of benzene rings is 2.